The van der Waals surface area contributed by atoms with Gasteiger partial charge in [-0.1, -0.05) is 12.1 Å². The molecule has 2 N–H and O–H groups in total. The first kappa shape index (κ1) is 18.7. The molecule has 0 bridgehead atoms. The van der Waals surface area contributed by atoms with Crippen LogP contribution >= 0.6 is 12.2 Å². The first-order valence-electron chi connectivity index (χ1n) is 8.02. The molecule has 2 aromatic carbocycles. The Morgan fingerprint density at radius 3 is 2.72 bits per heavy atom. The van der Waals surface area contributed by atoms with E-state index in [1.807, 2.05) is 37.3 Å². The lowest BCUT2D eigenvalue weighted by Gasteiger charge is -2.11. The monoisotopic (exact) mass is 357 g/mol. The second-order valence-electron chi connectivity index (χ2n) is 5.41. The average Bonchev–Trinajstić information content (AvgIpc) is 2.60. The number of methoxy groups -OCH3 is 1. The SMILES string of the molecule is CCOc1ccc(/C=N\NC(=S)Nc2cccc(C)c2C)cc1OC. The lowest BCUT2D eigenvalue weighted by atomic mass is 10.1. The number of anilines is 1. The van der Waals surface area contributed by atoms with Crippen LogP contribution in [0.2, 0.25) is 0 Å². The molecule has 0 atom stereocenters. The number of hydrazone groups is 1. The molecule has 132 valence electrons. The molecule has 0 heterocycles. The van der Waals surface area contributed by atoms with Gasteiger partial charge in [0.15, 0.2) is 16.6 Å². The van der Waals surface area contributed by atoms with Crippen LogP contribution in [0.5, 0.6) is 11.5 Å². The standard InChI is InChI=1S/C19H23N3O2S/c1-5-24-17-10-9-15(11-18(17)23-4)12-20-22-19(25)21-16-8-6-7-13(2)14(16)3/h6-12H,5H2,1-4H3,(H2,21,22,25)/b20-12-. The second kappa shape index (κ2) is 9.03. The lowest BCUT2D eigenvalue weighted by molar-refractivity contribution is 0.311. The predicted octanol–water partition coefficient (Wildman–Crippen LogP) is 4.03. The van der Waals surface area contributed by atoms with E-state index in [-0.39, 0.29) is 0 Å². The Bertz CT molecular complexity index is 775. The summed E-state index contributed by atoms with van der Waals surface area (Å²) < 4.78 is 10.8. The molecule has 0 aliphatic carbocycles. The van der Waals surface area contributed by atoms with Gasteiger partial charge in [0.1, 0.15) is 0 Å². The normalized spacial score (nSPS) is 10.6. The van der Waals surface area contributed by atoms with E-state index >= 15 is 0 Å². The number of rotatable bonds is 6. The molecular formula is C19H23N3O2S. The van der Waals surface area contributed by atoms with Gasteiger partial charge in [0, 0.05) is 5.69 Å². The summed E-state index contributed by atoms with van der Waals surface area (Å²) in [6.45, 7) is 6.64. The van der Waals surface area contributed by atoms with E-state index in [0.717, 1.165) is 16.8 Å². The Labute approximate surface area is 154 Å². The fraction of sp³-hybridized carbons (Fsp3) is 0.263. The molecule has 0 saturated heterocycles. The minimum absolute atomic E-state index is 0.433. The Balaban J connectivity index is 1.98. The minimum atomic E-state index is 0.433. The molecule has 0 aliphatic heterocycles. The highest BCUT2D eigenvalue weighted by atomic mass is 32.1. The van der Waals surface area contributed by atoms with Crippen molar-refractivity contribution >= 4 is 29.2 Å². The molecule has 0 fully saturated rings. The van der Waals surface area contributed by atoms with E-state index in [1.165, 1.54) is 5.56 Å². The average molecular weight is 357 g/mol. The van der Waals surface area contributed by atoms with Crippen molar-refractivity contribution in [2.75, 3.05) is 19.0 Å². The molecule has 0 radical (unpaired) electrons. The summed E-state index contributed by atoms with van der Waals surface area (Å²) in [4.78, 5) is 0. The Morgan fingerprint density at radius 1 is 1.20 bits per heavy atom. The van der Waals surface area contributed by atoms with Crippen LogP contribution < -0.4 is 20.2 Å². The molecule has 0 saturated carbocycles. The second-order valence-corrected chi connectivity index (χ2v) is 5.82. The summed E-state index contributed by atoms with van der Waals surface area (Å²) in [6.07, 6.45) is 1.68. The molecule has 6 heteroatoms. The summed E-state index contributed by atoms with van der Waals surface area (Å²) in [5.74, 6) is 1.38. The number of nitrogens with zero attached hydrogens (tertiary/aromatic N) is 1. The van der Waals surface area contributed by atoms with Gasteiger partial charge in [-0.25, -0.2) is 0 Å². The van der Waals surface area contributed by atoms with Crippen molar-refractivity contribution in [2.24, 2.45) is 5.10 Å². The summed E-state index contributed by atoms with van der Waals surface area (Å²) in [5.41, 5.74) is 7.03. The molecule has 2 aromatic rings. The summed E-state index contributed by atoms with van der Waals surface area (Å²) in [6, 6.07) is 11.7. The first-order chi connectivity index (χ1) is 12.0. The van der Waals surface area contributed by atoms with Crippen LogP contribution in [-0.4, -0.2) is 25.0 Å². The van der Waals surface area contributed by atoms with Gasteiger partial charge in [-0.2, -0.15) is 5.10 Å². The van der Waals surface area contributed by atoms with Crippen LogP contribution in [0.25, 0.3) is 0 Å². The van der Waals surface area contributed by atoms with Gasteiger partial charge in [-0.3, -0.25) is 5.43 Å². The highest BCUT2D eigenvalue weighted by Gasteiger charge is 2.04. The highest BCUT2D eigenvalue weighted by Crippen LogP contribution is 2.27. The topological polar surface area (TPSA) is 54.9 Å². The Morgan fingerprint density at radius 2 is 2.00 bits per heavy atom. The molecule has 2 rings (SSSR count). The third kappa shape index (κ3) is 5.19. The summed E-state index contributed by atoms with van der Waals surface area (Å²) in [7, 11) is 1.61. The summed E-state index contributed by atoms with van der Waals surface area (Å²) >= 11 is 5.28. The van der Waals surface area contributed by atoms with Gasteiger partial charge in [-0.15, -0.1) is 0 Å². The van der Waals surface area contributed by atoms with E-state index in [1.54, 1.807) is 13.3 Å². The van der Waals surface area contributed by atoms with Crippen molar-refractivity contribution in [1.29, 1.82) is 0 Å². The number of ether oxygens (including phenoxy) is 2. The van der Waals surface area contributed by atoms with E-state index in [9.17, 15) is 0 Å². The zero-order valence-corrected chi connectivity index (χ0v) is 15.7. The van der Waals surface area contributed by atoms with Crippen molar-refractivity contribution in [1.82, 2.24) is 5.43 Å². The van der Waals surface area contributed by atoms with Crippen LogP contribution in [0.15, 0.2) is 41.5 Å². The number of hydrogen-bond acceptors (Lipinski definition) is 4. The van der Waals surface area contributed by atoms with E-state index < -0.39 is 0 Å². The number of aryl methyl sites for hydroxylation is 1. The number of benzene rings is 2. The molecule has 0 amide bonds. The third-order valence-corrected chi connectivity index (χ3v) is 3.91. The molecule has 0 unspecified atom stereocenters. The zero-order valence-electron chi connectivity index (χ0n) is 14.9. The Hall–Kier alpha value is -2.60. The quantitative estimate of drug-likeness (QED) is 0.464. The lowest BCUT2D eigenvalue weighted by Crippen LogP contribution is -2.24. The van der Waals surface area contributed by atoms with Crippen molar-refractivity contribution in [3.63, 3.8) is 0 Å². The van der Waals surface area contributed by atoms with Crippen molar-refractivity contribution in [2.45, 2.75) is 20.8 Å². The van der Waals surface area contributed by atoms with Crippen LogP contribution in [0.4, 0.5) is 5.69 Å². The van der Waals surface area contributed by atoms with Gasteiger partial charge >= 0.3 is 0 Å². The maximum atomic E-state index is 5.50. The number of thiocarbonyl (C=S) groups is 1. The van der Waals surface area contributed by atoms with Crippen LogP contribution in [0, 0.1) is 13.8 Å². The number of hydrogen-bond donors (Lipinski definition) is 2. The van der Waals surface area contributed by atoms with E-state index in [0.29, 0.717) is 23.2 Å². The molecule has 25 heavy (non-hydrogen) atoms. The third-order valence-electron chi connectivity index (χ3n) is 3.72. The van der Waals surface area contributed by atoms with Crippen LogP contribution in [-0.2, 0) is 0 Å². The van der Waals surface area contributed by atoms with Crippen LogP contribution in [0.3, 0.4) is 0 Å². The van der Waals surface area contributed by atoms with Gasteiger partial charge < -0.3 is 14.8 Å². The fourth-order valence-electron chi connectivity index (χ4n) is 2.24. The van der Waals surface area contributed by atoms with Crippen molar-refractivity contribution in [3.05, 3.63) is 53.1 Å². The van der Waals surface area contributed by atoms with E-state index in [2.05, 4.69) is 35.8 Å². The molecule has 0 aromatic heterocycles. The van der Waals surface area contributed by atoms with E-state index in [4.69, 9.17) is 21.7 Å². The molecule has 5 nitrogen and oxygen atoms in total. The maximum absolute atomic E-state index is 5.50. The largest absolute Gasteiger partial charge is 0.493 e. The predicted molar refractivity (Wildman–Crippen MR) is 107 cm³/mol. The first-order valence-corrected chi connectivity index (χ1v) is 8.43. The minimum Gasteiger partial charge on any atom is -0.493 e. The zero-order chi connectivity index (χ0) is 18.2. The highest BCUT2D eigenvalue weighted by molar-refractivity contribution is 7.80. The van der Waals surface area contributed by atoms with Crippen molar-refractivity contribution < 1.29 is 9.47 Å². The van der Waals surface area contributed by atoms with Gasteiger partial charge in [0.25, 0.3) is 0 Å². The number of nitrogens with one attached hydrogen (secondary N) is 2. The molecular weight excluding hydrogens is 334 g/mol. The fourth-order valence-corrected chi connectivity index (χ4v) is 2.40. The molecule has 0 spiro atoms. The van der Waals surface area contributed by atoms with Gasteiger partial charge in [-0.05, 0) is 73.9 Å². The van der Waals surface area contributed by atoms with Crippen LogP contribution in [0.1, 0.15) is 23.6 Å². The molecule has 0 aliphatic rings. The van der Waals surface area contributed by atoms with Crippen molar-refractivity contribution in [3.8, 4) is 11.5 Å². The Kier molecular flexibility index (Phi) is 6.77. The van der Waals surface area contributed by atoms with Gasteiger partial charge in [0.2, 0.25) is 0 Å². The summed E-state index contributed by atoms with van der Waals surface area (Å²) in [5, 5.41) is 7.75. The van der Waals surface area contributed by atoms with Gasteiger partial charge in [0.05, 0.1) is 19.9 Å². The maximum Gasteiger partial charge on any atom is 0.191 e. The smallest absolute Gasteiger partial charge is 0.191 e.